The molecule has 0 aliphatic carbocycles. The molecule has 0 aliphatic heterocycles. The number of hydrogen-bond donors (Lipinski definition) is 0. The molecule has 0 aromatic heterocycles. The molecule has 0 fully saturated rings. The second-order valence-corrected chi connectivity index (χ2v) is 4.09. The minimum absolute atomic E-state index is 0.320. The summed E-state index contributed by atoms with van der Waals surface area (Å²) in [5.41, 5.74) is 1.52. The molecule has 0 unspecified atom stereocenters. The van der Waals surface area contributed by atoms with Gasteiger partial charge in [0.05, 0.1) is 12.8 Å². The predicted octanol–water partition coefficient (Wildman–Crippen LogP) is 3.41. The number of aldehydes is 1. The van der Waals surface area contributed by atoms with Gasteiger partial charge in [0.1, 0.15) is 17.9 Å². The Balaban J connectivity index is 2.37. The lowest BCUT2D eigenvalue weighted by Crippen LogP contribution is -2.11. The van der Waals surface area contributed by atoms with E-state index < -0.39 is 5.82 Å². The van der Waals surface area contributed by atoms with Gasteiger partial charge in [0, 0.05) is 24.4 Å². The number of benzene rings is 2. The first-order valence-electron chi connectivity index (χ1n) is 5.78. The van der Waals surface area contributed by atoms with Gasteiger partial charge in [0.25, 0.3) is 0 Å². The lowest BCUT2D eigenvalue weighted by molar-refractivity contribution is 0.112. The highest BCUT2D eigenvalue weighted by molar-refractivity contribution is 5.76. The molecule has 0 atom stereocenters. The smallest absolute Gasteiger partial charge is 0.150 e. The lowest BCUT2D eigenvalue weighted by Gasteiger charge is -2.20. The average Bonchev–Trinajstić information content (AvgIpc) is 2.46. The third-order valence-electron chi connectivity index (χ3n) is 2.91. The van der Waals surface area contributed by atoms with Crippen molar-refractivity contribution in [2.45, 2.75) is 0 Å². The Labute approximate surface area is 111 Å². The summed E-state index contributed by atoms with van der Waals surface area (Å²) in [4.78, 5) is 12.3. The molecular weight excluding hydrogens is 245 g/mol. The summed E-state index contributed by atoms with van der Waals surface area (Å²) in [6.45, 7) is 0. The van der Waals surface area contributed by atoms with Crippen molar-refractivity contribution in [3.8, 4) is 5.75 Å². The summed E-state index contributed by atoms with van der Waals surface area (Å²) in [6, 6.07) is 11.7. The normalized spacial score (nSPS) is 10.1. The summed E-state index contributed by atoms with van der Waals surface area (Å²) < 4.78 is 19.1. The monoisotopic (exact) mass is 259 g/mol. The van der Waals surface area contributed by atoms with E-state index in [1.807, 2.05) is 24.3 Å². The maximum atomic E-state index is 13.9. The second kappa shape index (κ2) is 5.52. The van der Waals surface area contributed by atoms with Crippen molar-refractivity contribution in [2.75, 3.05) is 19.1 Å². The van der Waals surface area contributed by atoms with Crippen LogP contribution in [0.2, 0.25) is 0 Å². The maximum Gasteiger partial charge on any atom is 0.150 e. The first kappa shape index (κ1) is 13.1. The molecule has 98 valence electrons. The summed E-state index contributed by atoms with van der Waals surface area (Å²) in [5.74, 6) is 0.268. The predicted molar refractivity (Wildman–Crippen MR) is 72.8 cm³/mol. The van der Waals surface area contributed by atoms with E-state index in [4.69, 9.17) is 4.74 Å². The van der Waals surface area contributed by atoms with Gasteiger partial charge in [-0.1, -0.05) is 6.07 Å². The van der Waals surface area contributed by atoms with Crippen molar-refractivity contribution in [1.29, 1.82) is 0 Å². The van der Waals surface area contributed by atoms with E-state index in [1.165, 1.54) is 6.07 Å². The van der Waals surface area contributed by atoms with Gasteiger partial charge in [0.2, 0.25) is 0 Å². The second-order valence-electron chi connectivity index (χ2n) is 4.09. The summed E-state index contributed by atoms with van der Waals surface area (Å²) in [7, 11) is 3.34. The number of halogens is 1. The van der Waals surface area contributed by atoms with E-state index >= 15 is 0 Å². The molecule has 2 aromatic carbocycles. The molecule has 0 aliphatic rings. The zero-order valence-corrected chi connectivity index (χ0v) is 10.8. The molecule has 0 N–H and O–H groups in total. The van der Waals surface area contributed by atoms with Crippen LogP contribution in [0, 0.1) is 5.82 Å². The fourth-order valence-electron chi connectivity index (χ4n) is 1.83. The molecule has 0 heterocycles. The van der Waals surface area contributed by atoms with Gasteiger partial charge in [-0.25, -0.2) is 4.39 Å². The number of carbonyl (C=O) groups excluding carboxylic acids is 1. The molecule has 2 aromatic rings. The van der Waals surface area contributed by atoms with Crippen LogP contribution in [0.1, 0.15) is 10.4 Å². The number of rotatable bonds is 4. The Morgan fingerprint density at radius 2 is 2.00 bits per heavy atom. The molecule has 0 spiro atoms. The van der Waals surface area contributed by atoms with Gasteiger partial charge in [0.15, 0.2) is 0 Å². The van der Waals surface area contributed by atoms with Crippen molar-refractivity contribution in [2.24, 2.45) is 0 Å². The topological polar surface area (TPSA) is 29.5 Å². The number of hydrogen-bond acceptors (Lipinski definition) is 3. The highest BCUT2D eigenvalue weighted by Crippen LogP contribution is 2.28. The largest absolute Gasteiger partial charge is 0.497 e. The number of ether oxygens (including phenoxy) is 1. The molecule has 4 heteroatoms. The highest BCUT2D eigenvalue weighted by Gasteiger charge is 2.10. The lowest BCUT2D eigenvalue weighted by atomic mass is 10.2. The molecule has 0 radical (unpaired) electrons. The van der Waals surface area contributed by atoms with Crippen molar-refractivity contribution < 1.29 is 13.9 Å². The van der Waals surface area contributed by atoms with Crippen LogP contribution in [0.3, 0.4) is 0 Å². The number of methoxy groups -OCH3 is 1. The van der Waals surface area contributed by atoms with Crippen LogP contribution in [-0.2, 0) is 0 Å². The fourth-order valence-corrected chi connectivity index (χ4v) is 1.83. The van der Waals surface area contributed by atoms with Gasteiger partial charge in [-0.15, -0.1) is 0 Å². The molecule has 2 rings (SSSR count). The van der Waals surface area contributed by atoms with Crippen molar-refractivity contribution in [1.82, 2.24) is 0 Å². The number of carbonyl (C=O) groups is 1. The van der Waals surface area contributed by atoms with Crippen molar-refractivity contribution in [3.63, 3.8) is 0 Å². The first-order valence-corrected chi connectivity index (χ1v) is 5.78. The van der Waals surface area contributed by atoms with Crippen LogP contribution in [0.15, 0.2) is 42.5 Å². The average molecular weight is 259 g/mol. The Morgan fingerprint density at radius 1 is 1.21 bits per heavy atom. The van der Waals surface area contributed by atoms with Crippen LogP contribution >= 0.6 is 0 Å². The number of anilines is 2. The molecule has 3 nitrogen and oxygen atoms in total. The van der Waals surface area contributed by atoms with Crippen LogP contribution < -0.4 is 9.64 Å². The third-order valence-corrected chi connectivity index (χ3v) is 2.91. The van der Waals surface area contributed by atoms with Crippen LogP contribution in [0.5, 0.6) is 5.75 Å². The van der Waals surface area contributed by atoms with Crippen LogP contribution in [-0.4, -0.2) is 20.4 Å². The molecule has 0 bridgehead atoms. The van der Waals surface area contributed by atoms with Gasteiger partial charge in [-0.3, -0.25) is 4.79 Å². The number of nitrogens with zero attached hydrogens (tertiary/aromatic N) is 1. The minimum atomic E-state index is -0.435. The Hall–Kier alpha value is -2.36. The fraction of sp³-hybridized carbons (Fsp3) is 0.133. The van der Waals surface area contributed by atoms with Gasteiger partial charge in [-0.2, -0.15) is 0 Å². The zero-order valence-electron chi connectivity index (χ0n) is 10.8. The van der Waals surface area contributed by atoms with Gasteiger partial charge in [-0.05, 0) is 30.3 Å². The van der Waals surface area contributed by atoms with E-state index in [9.17, 15) is 9.18 Å². The van der Waals surface area contributed by atoms with Crippen molar-refractivity contribution in [3.05, 3.63) is 53.8 Å². The zero-order chi connectivity index (χ0) is 13.8. The molecule has 0 amide bonds. The van der Waals surface area contributed by atoms with Crippen LogP contribution in [0.4, 0.5) is 15.8 Å². The summed E-state index contributed by atoms with van der Waals surface area (Å²) >= 11 is 0. The summed E-state index contributed by atoms with van der Waals surface area (Å²) in [5, 5.41) is 0. The third kappa shape index (κ3) is 2.73. The Morgan fingerprint density at radius 3 is 2.63 bits per heavy atom. The highest BCUT2D eigenvalue weighted by atomic mass is 19.1. The Kier molecular flexibility index (Phi) is 3.80. The molecular formula is C15H14FNO2. The Bertz CT molecular complexity index is 598. The van der Waals surface area contributed by atoms with Crippen molar-refractivity contribution >= 4 is 17.7 Å². The standard InChI is InChI=1S/C15H14FNO2/c1-17(12-4-3-5-13(9-12)19-2)15-7-6-11(10-18)8-14(15)16/h3-10H,1-2H3. The van der Waals surface area contributed by atoms with Gasteiger partial charge >= 0.3 is 0 Å². The van der Waals surface area contributed by atoms with E-state index in [-0.39, 0.29) is 0 Å². The van der Waals surface area contributed by atoms with Crippen LogP contribution in [0.25, 0.3) is 0 Å². The summed E-state index contributed by atoms with van der Waals surface area (Å²) in [6.07, 6.45) is 0.623. The maximum absolute atomic E-state index is 13.9. The van der Waals surface area contributed by atoms with Gasteiger partial charge < -0.3 is 9.64 Å². The SMILES string of the molecule is COc1cccc(N(C)c2ccc(C=O)cc2F)c1. The quantitative estimate of drug-likeness (QED) is 0.788. The van der Waals surface area contributed by atoms with E-state index in [0.717, 1.165) is 5.69 Å². The minimum Gasteiger partial charge on any atom is -0.497 e. The van der Waals surface area contributed by atoms with E-state index in [1.54, 1.807) is 31.2 Å². The first-order chi connectivity index (χ1) is 9.15. The molecule has 0 saturated carbocycles. The molecule has 0 saturated heterocycles. The molecule has 19 heavy (non-hydrogen) atoms. The van der Waals surface area contributed by atoms with E-state index in [0.29, 0.717) is 23.3 Å². The van der Waals surface area contributed by atoms with E-state index in [2.05, 4.69) is 0 Å².